The normalized spacial score (nSPS) is 11.3. The number of hydrogen-bond donors (Lipinski definition) is 0. The molecule has 6 aromatic carbocycles. The quantitative estimate of drug-likeness (QED) is 0.145. The molecule has 0 saturated carbocycles. The molecular weight excluding hydrogens is 556 g/mol. The number of rotatable bonds is 10. The van der Waals surface area contributed by atoms with E-state index in [0.29, 0.717) is 11.8 Å². The SMILES string of the molecule is CC(C)c1ccc(N(c2ccccc2)c2ccc(/C=C/c3ccc(N(c4ccccc4)c4ccc(C(C)C)cc4)cc3)cc2)cc1. The van der Waals surface area contributed by atoms with Crippen LogP contribution in [-0.2, 0) is 0 Å². The van der Waals surface area contributed by atoms with Crippen molar-refractivity contribution < 1.29 is 0 Å². The first kappa shape index (κ1) is 30.7. The Balaban J connectivity index is 1.22. The molecule has 6 rings (SSSR count). The first-order valence-electron chi connectivity index (χ1n) is 16.2. The van der Waals surface area contributed by atoms with E-state index in [1.165, 1.54) is 11.1 Å². The first-order chi connectivity index (χ1) is 22.5. The zero-order valence-electron chi connectivity index (χ0n) is 27.2. The van der Waals surface area contributed by atoms with Crippen LogP contribution in [0.3, 0.4) is 0 Å². The summed E-state index contributed by atoms with van der Waals surface area (Å²) in [7, 11) is 0. The van der Waals surface area contributed by atoms with Gasteiger partial charge in [-0.3, -0.25) is 0 Å². The van der Waals surface area contributed by atoms with Gasteiger partial charge in [0.05, 0.1) is 0 Å². The van der Waals surface area contributed by atoms with Crippen molar-refractivity contribution in [2.45, 2.75) is 39.5 Å². The standard InChI is InChI=1S/C44H42N2/c1-33(2)37-21-29-43(30-22-37)45(39-11-7-5-8-12-39)41-25-17-35(18-26-41)15-16-36-19-27-42(28-20-36)46(40-13-9-6-10-14-40)44-31-23-38(24-32-44)34(3)4/h5-34H,1-4H3/b16-15+. The summed E-state index contributed by atoms with van der Waals surface area (Å²) in [6, 6.07) is 56.5. The van der Waals surface area contributed by atoms with Crippen molar-refractivity contribution >= 4 is 46.3 Å². The number of hydrogen-bond acceptors (Lipinski definition) is 2. The van der Waals surface area contributed by atoms with Gasteiger partial charge in [0.2, 0.25) is 0 Å². The Morgan fingerprint density at radius 1 is 0.326 bits per heavy atom. The summed E-state index contributed by atoms with van der Waals surface area (Å²) in [4.78, 5) is 4.62. The minimum absolute atomic E-state index is 0.506. The second kappa shape index (κ2) is 14.2. The first-order valence-corrected chi connectivity index (χ1v) is 16.2. The molecule has 228 valence electrons. The van der Waals surface area contributed by atoms with Gasteiger partial charge in [-0.05, 0) is 107 Å². The Hall–Kier alpha value is -5.34. The average molecular weight is 599 g/mol. The monoisotopic (exact) mass is 598 g/mol. The smallest absolute Gasteiger partial charge is 0.0462 e. The molecule has 2 nitrogen and oxygen atoms in total. The lowest BCUT2D eigenvalue weighted by molar-refractivity contribution is 0.866. The van der Waals surface area contributed by atoms with E-state index in [4.69, 9.17) is 0 Å². The predicted molar refractivity (Wildman–Crippen MR) is 199 cm³/mol. The molecule has 0 aliphatic heterocycles. The highest BCUT2D eigenvalue weighted by atomic mass is 15.1. The number of benzene rings is 6. The molecule has 0 spiro atoms. The van der Waals surface area contributed by atoms with Crippen LogP contribution >= 0.6 is 0 Å². The summed E-state index contributed by atoms with van der Waals surface area (Å²) in [5.41, 5.74) is 11.9. The minimum atomic E-state index is 0.506. The van der Waals surface area contributed by atoms with Gasteiger partial charge in [0.1, 0.15) is 0 Å². The maximum Gasteiger partial charge on any atom is 0.0462 e. The number of anilines is 6. The Labute approximate surface area is 274 Å². The maximum absolute atomic E-state index is 2.31. The molecular formula is C44H42N2. The van der Waals surface area contributed by atoms with E-state index < -0.39 is 0 Å². The van der Waals surface area contributed by atoms with E-state index in [1.807, 2.05) is 0 Å². The van der Waals surface area contributed by atoms with Crippen molar-refractivity contribution in [2.75, 3.05) is 9.80 Å². The van der Waals surface area contributed by atoms with Gasteiger partial charge in [-0.2, -0.15) is 0 Å². The van der Waals surface area contributed by atoms with Crippen LogP contribution in [0.2, 0.25) is 0 Å². The number of nitrogens with zero attached hydrogens (tertiary/aromatic N) is 2. The van der Waals surface area contributed by atoms with Crippen molar-refractivity contribution in [1.29, 1.82) is 0 Å². The zero-order valence-corrected chi connectivity index (χ0v) is 27.2. The van der Waals surface area contributed by atoms with Gasteiger partial charge in [0.15, 0.2) is 0 Å². The summed E-state index contributed by atoms with van der Waals surface area (Å²) >= 11 is 0. The Kier molecular flexibility index (Phi) is 9.45. The van der Waals surface area contributed by atoms with Crippen LogP contribution in [0.25, 0.3) is 12.2 Å². The van der Waals surface area contributed by atoms with Crippen LogP contribution in [0.4, 0.5) is 34.1 Å². The van der Waals surface area contributed by atoms with Crippen molar-refractivity contribution in [1.82, 2.24) is 0 Å². The highest BCUT2D eigenvalue weighted by Gasteiger charge is 2.14. The lowest BCUT2D eigenvalue weighted by atomic mass is 10.0. The zero-order chi connectivity index (χ0) is 31.9. The lowest BCUT2D eigenvalue weighted by Gasteiger charge is -2.26. The van der Waals surface area contributed by atoms with E-state index in [1.54, 1.807) is 0 Å². The molecule has 0 atom stereocenters. The third kappa shape index (κ3) is 7.14. The molecule has 2 heteroatoms. The topological polar surface area (TPSA) is 6.48 Å². The predicted octanol–water partition coefficient (Wildman–Crippen LogP) is 13.0. The summed E-state index contributed by atoms with van der Waals surface area (Å²) in [6.45, 7) is 8.93. The largest absolute Gasteiger partial charge is 0.311 e. The fraction of sp³-hybridized carbons (Fsp3) is 0.136. The van der Waals surface area contributed by atoms with Crippen LogP contribution in [0, 0.1) is 0 Å². The Morgan fingerprint density at radius 3 is 0.870 bits per heavy atom. The Bertz CT molecular complexity index is 1690. The highest BCUT2D eigenvalue weighted by Crippen LogP contribution is 2.37. The van der Waals surface area contributed by atoms with Gasteiger partial charge < -0.3 is 9.80 Å². The molecule has 0 aromatic heterocycles. The van der Waals surface area contributed by atoms with Crippen LogP contribution in [0.1, 0.15) is 61.8 Å². The van der Waals surface area contributed by atoms with Crippen molar-refractivity contribution in [3.63, 3.8) is 0 Å². The van der Waals surface area contributed by atoms with E-state index in [2.05, 4.69) is 207 Å². The molecule has 0 unspecified atom stereocenters. The van der Waals surface area contributed by atoms with E-state index in [9.17, 15) is 0 Å². The van der Waals surface area contributed by atoms with Gasteiger partial charge in [-0.1, -0.05) is 125 Å². The fourth-order valence-electron chi connectivity index (χ4n) is 5.73. The lowest BCUT2D eigenvalue weighted by Crippen LogP contribution is -2.10. The third-order valence-electron chi connectivity index (χ3n) is 8.44. The van der Waals surface area contributed by atoms with Crippen LogP contribution in [0.5, 0.6) is 0 Å². The summed E-state index contributed by atoms with van der Waals surface area (Å²) in [5.74, 6) is 1.01. The van der Waals surface area contributed by atoms with Gasteiger partial charge in [-0.25, -0.2) is 0 Å². The molecule has 0 aliphatic rings. The van der Waals surface area contributed by atoms with Crippen molar-refractivity contribution in [3.05, 3.63) is 180 Å². The van der Waals surface area contributed by atoms with Gasteiger partial charge >= 0.3 is 0 Å². The molecule has 0 fully saturated rings. The van der Waals surface area contributed by atoms with E-state index in [-0.39, 0.29) is 0 Å². The van der Waals surface area contributed by atoms with E-state index >= 15 is 0 Å². The second-order valence-corrected chi connectivity index (χ2v) is 12.4. The van der Waals surface area contributed by atoms with E-state index in [0.717, 1.165) is 45.3 Å². The minimum Gasteiger partial charge on any atom is -0.311 e. The molecule has 0 N–H and O–H groups in total. The molecule has 46 heavy (non-hydrogen) atoms. The second-order valence-electron chi connectivity index (χ2n) is 12.4. The van der Waals surface area contributed by atoms with Crippen molar-refractivity contribution in [3.8, 4) is 0 Å². The summed E-state index contributed by atoms with van der Waals surface area (Å²) < 4.78 is 0. The molecule has 0 amide bonds. The molecule has 0 saturated heterocycles. The summed E-state index contributed by atoms with van der Waals surface area (Å²) in [6.07, 6.45) is 4.37. The van der Waals surface area contributed by atoms with Gasteiger partial charge in [0, 0.05) is 34.1 Å². The van der Waals surface area contributed by atoms with Crippen molar-refractivity contribution in [2.24, 2.45) is 0 Å². The number of para-hydroxylation sites is 2. The third-order valence-corrected chi connectivity index (χ3v) is 8.44. The fourth-order valence-corrected chi connectivity index (χ4v) is 5.73. The Morgan fingerprint density at radius 2 is 0.587 bits per heavy atom. The van der Waals surface area contributed by atoms with Gasteiger partial charge in [-0.15, -0.1) is 0 Å². The average Bonchev–Trinajstić information content (AvgIpc) is 3.10. The van der Waals surface area contributed by atoms with Crippen LogP contribution < -0.4 is 9.80 Å². The molecule has 0 radical (unpaired) electrons. The molecule has 0 aliphatic carbocycles. The molecule has 0 heterocycles. The maximum atomic E-state index is 2.31. The van der Waals surface area contributed by atoms with Crippen LogP contribution in [-0.4, -0.2) is 0 Å². The van der Waals surface area contributed by atoms with Crippen LogP contribution in [0.15, 0.2) is 158 Å². The molecule has 6 aromatic rings. The highest BCUT2D eigenvalue weighted by molar-refractivity contribution is 5.80. The summed E-state index contributed by atoms with van der Waals surface area (Å²) in [5, 5.41) is 0. The van der Waals surface area contributed by atoms with Gasteiger partial charge in [0.25, 0.3) is 0 Å². The molecule has 0 bridgehead atoms.